The van der Waals surface area contributed by atoms with E-state index in [1.807, 2.05) is 6.08 Å². The van der Waals surface area contributed by atoms with Gasteiger partial charge in [0.1, 0.15) is 5.82 Å². The van der Waals surface area contributed by atoms with Crippen LogP contribution in [0.4, 0.5) is 15.8 Å². The fourth-order valence-corrected chi connectivity index (χ4v) is 1.82. The van der Waals surface area contributed by atoms with Gasteiger partial charge >= 0.3 is 0 Å². The topological polar surface area (TPSA) is 69.1 Å². The smallest absolute Gasteiger partial charge is 0.185 e. The van der Waals surface area contributed by atoms with Gasteiger partial charge in [0.2, 0.25) is 0 Å². The minimum atomic E-state index is -0.408. The molecule has 5 heteroatoms. The Morgan fingerprint density at radius 1 is 1.47 bits per heavy atom. The number of nitrogen functional groups attached to an aromatic ring is 2. The summed E-state index contributed by atoms with van der Waals surface area (Å²) in [7, 11) is 0. The largest absolute Gasteiger partial charge is 0.397 e. The van der Waals surface area contributed by atoms with Gasteiger partial charge in [-0.05, 0) is 18.6 Å². The molecule has 0 spiro atoms. The van der Waals surface area contributed by atoms with E-state index < -0.39 is 5.82 Å². The normalized spacial score (nSPS) is 10.9. The van der Waals surface area contributed by atoms with E-state index in [2.05, 4.69) is 0 Å². The third-order valence-corrected chi connectivity index (χ3v) is 2.94. The number of carbonyl (C=O) groups is 1. The summed E-state index contributed by atoms with van der Waals surface area (Å²) >= 11 is 1.26. The predicted molar refractivity (Wildman–Crippen MR) is 72.0 cm³/mol. The lowest BCUT2D eigenvalue weighted by Crippen LogP contribution is -1.98. The van der Waals surface area contributed by atoms with E-state index in [9.17, 15) is 9.18 Å². The van der Waals surface area contributed by atoms with Crippen molar-refractivity contribution in [2.75, 3.05) is 17.2 Å². The third kappa shape index (κ3) is 4.48. The molecule has 3 nitrogen and oxygen atoms in total. The number of carbonyl (C=O) groups excluding carboxylic acids is 1. The van der Waals surface area contributed by atoms with Crippen LogP contribution in [0.5, 0.6) is 0 Å². The molecule has 1 aromatic rings. The zero-order valence-corrected chi connectivity index (χ0v) is 10.4. The first-order valence-corrected chi connectivity index (χ1v) is 6.13. The molecule has 0 heterocycles. The molecule has 0 aliphatic rings. The fourth-order valence-electron chi connectivity index (χ4n) is 1.28. The van der Waals surface area contributed by atoms with Crippen molar-refractivity contribution in [3.8, 4) is 0 Å². The molecule has 0 aliphatic carbocycles. The SMILES string of the molecule is CC(=O)SCCC=Cc1cc(F)cc(N)c1N. The molecule has 0 bridgehead atoms. The summed E-state index contributed by atoms with van der Waals surface area (Å²) in [6, 6.07) is 2.53. The number of anilines is 2. The zero-order valence-electron chi connectivity index (χ0n) is 9.57. The van der Waals surface area contributed by atoms with E-state index in [0.29, 0.717) is 17.0 Å². The monoisotopic (exact) mass is 254 g/mol. The number of nitrogens with two attached hydrogens (primary N) is 2. The molecule has 0 aliphatic heterocycles. The first kappa shape index (κ1) is 13.6. The van der Waals surface area contributed by atoms with E-state index >= 15 is 0 Å². The highest BCUT2D eigenvalue weighted by atomic mass is 32.2. The number of hydrogen-bond acceptors (Lipinski definition) is 4. The molecule has 0 aromatic heterocycles. The van der Waals surface area contributed by atoms with Gasteiger partial charge in [-0.3, -0.25) is 4.79 Å². The molecular formula is C12H15FN2OS. The van der Waals surface area contributed by atoms with Crippen LogP contribution < -0.4 is 11.5 Å². The van der Waals surface area contributed by atoms with Crippen molar-refractivity contribution in [2.24, 2.45) is 0 Å². The van der Waals surface area contributed by atoms with Gasteiger partial charge in [0, 0.05) is 18.2 Å². The molecule has 0 atom stereocenters. The predicted octanol–water partition coefficient (Wildman–Crippen LogP) is 2.67. The van der Waals surface area contributed by atoms with Gasteiger partial charge in [-0.15, -0.1) is 0 Å². The molecule has 0 saturated heterocycles. The van der Waals surface area contributed by atoms with Crippen molar-refractivity contribution < 1.29 is 9.18 Å². The van der Waals surface area contributed by atoms with Crippen LogP contribution in [0.25, 0.3) is 6.08 Å². The van der Waals surface area contributed by atoms with Gasteiger partial charge in [-0.25, -0.2) is 4.39 Å². The van der Waals surface area contributed by atoms with Crippen molar-refractivity contribution in [2.45, 2.75) is 13.3 Å². The Morgan fingerprint density at radius 2 is 2.18 bits per heavy atom. The van der Waals surface area contributed by atoms with Crippen LogP contribution in [0.1, 0.15) is 18.9 Å². The van der Waals surface area contributed by atoms with Crippen molar-refractivity contribution >= 4 is 34.3 Å². The maximum atomic E-state index is 13.1. The summed E-state index contributed by atoms with van der Waals surface area (Å²) in [6.45, 7) is 1.53. The molecule has 4 N–H and O–H groups in total. The molecule has 0 radical (unpaired) electrons. The summed E-state index contributed by atoms with van der Waals surface area (Å²) in [5.74, 6) is 0.297. The highest BCUT2D eigenvalue weighted by Gasteiger charge is 2.02. The van der Waals surface area contributed by atoms with E-state index in [0.717, 1.165) is 6.42 Å². The first-order chi connectivity index (χ1) is 8.00. The van der Waals surface area contributed by atoms with Gasteiger partial charge in [-0.1, -0.05) is 23.9 Å². The van der Waals surface area contributed by atoms with Crippen molar-refractivity contribution in [1.82, 2.24) is 0 Å². The number of thioether (sulfide) groups is 1. The van der Waals surface area contributed by atoms with Crippen LogP contribution in [0.15, 0.2) is 18.2 Å². The van der Waals surface area contributed by atoms with Crippen LogP contribution in [-0.4, -0.2) is 10.9 Å². The van der Waals surface area contributed by atoms with Gasteiger partial charge in [0.15, 0.2) is 5.12 Å². The van der Waals surface area contributed by atoms with E-state index in [4.69, 9.17) is 11.5 Å². The molecule has 1 aromatic carbocycles. The number of allylic oxidation sites excluding steroid dienone is 1. The van der Waals surface area contributed by atoms with Crippen LogP contribution in [0.2, 0.25) is 0 Å². The highest BCUT2D eigenvalue weighted by Crippen LogP contribution is 2.23. The molecular weight excluding hydrogens is 239 g/mol. The number of benzene rings is 1. The first-order valence-electron chi connectivity index (χ1n) is 5.15. The summed E-state index contributed by atoms with van der Waals surface area (Å²) < 4.78 is 13.1. The Balaban J connectivity index is 2.62. The summed E-state index contributed by atoms with van der Waals surface area (Å²) in [5.41, 5.74) is 12.4. The average molecular weight is 254 g/mol. The average Bonchev–Trinajstić information content (AvgIpc) is 2.23. The van der Waals surface area contributed by atoms with Crippen molar-refractivity contribution in [1.29, 1.82) is 0 Å². The number of hydrogen-bond donors (Lipinski definition) is 2. The number of rotatable bonds is 4. The van der Waals surface area contributed by atoms with E-state index in [1.165, 1.54) is 30.8 Å². The lowest BCUT2D eigenvalue weighted by molar-refractivity contribution is -0.109. The Kier molecular flexibility index (Phi) is 5.03. The van der Waals surface area contributed by atoms with Crippen LogP contribution in [0.3, 0.4) is 0 Å². The Bertz CT molecular complexity index is 446. The van der Waals surface area contributed by atoms with Gasteiger partial charge < -0.3 is 11.5 Å². The molecule has 0 unspecified atom stereocenters. The zero-order chi connectivity index (χ0) is 12.8. The van der Waals surface area contributed by atoms with E-state index in [-0.39, 0.29) is 10.8 Å². The number of halogens is 1. The lowest BCUT2D eigenvalue weighted by atomic mass is 10.1. The summed E-state index contributed by atoms with van der Waals surface area (Å²) in [4.78, 5) is 10.7. The Labute approximate surface area is 104 Å². The molecule has 1 rings (SSSR count). The highest BCUT2D eigenvalue weighted by molar-refractivity contribution is 8.13. The van der Waals surface area contributed by atoms with Crippen molar-refractivity contribution in [3.63, 3.8) is 0 Å². The van der Waals surface area contributed by atoms with Crippen molar-refractivity contribution in [3.05, 3.63) is 29.6 Å². The minimum absolute atomic E-state index is 0.0907. The minimum Gasteiger partial charge on any atom is -0.397 e. The molecule has 92 valence electrons. The Morgan fingerprint density at radius 3 is 2.82 bits per heavy atom. The molecule has 0 amide bonds. The Hall–Kier alpha value is -1.49. The molecule has 17 heavy (non-hydrogen) atoms. The summed E-state index contributed by atoms with van der Waals surface area (Å²) in [6.07, 6.45) is 4.29. The second-order valence-electron chi connectivity index (χ2n) is 3.53. The quantitative estimate of drug-likeness (QED) is 0.640. The van der Waals surface area contributed by atoms with Crippen LogP contribution in [0, 0.1) is 5.82 Å². The van der Waals surface area contributed by atoms with Gasteiger partial charge in [0.25, 0.3) is 0 Å². The second kappa shape index (κ2) is 6.30. The van der Waals surface area contributed by atoms with E-state index in [1.54, 1.807) is 6.08 Å². The standard InChI is InChI=1S/C12H15FN2OS/c1-8(16)17-5-3-2-4-9-6-10(13)7-11(14)12(9)15/h2,4,6-7H,3,5,14-15H2,1H3. The van der Waals surface area contributed by atoms with Crippen LogP contribution in [-0.2, 0) is 4.79 Å². The second-order valence-corrected chi connectivity index (χ2v) is 4.80. The maximum Gasteiger partial charge on any atom is 0.185 e. The lowest BCUT2D eigenvalue weighted by Gasteiger charge is -2.04. The fraction of sp³-hybridized carbons (Fsp3) is 0.250. The summed E-state index contributed by atoms with van der Waals surface area (Å²) in [5, 5.41) is 0.0907. The molecule has 0 fully saturated rings. The third-order valence-electron chi connectivity index (χ3n) is 2.10. The van der Waals surface area contributed by atoms with Gasteiger partial charge in [0.05, 0.1) is 11.4 Å². The maximum absolute atomic E-state index is 13.1. The molecule has 0 saturated carbocycles. The van der Waals surface area contributed by atoms with Crippen LogP contribution >= 0.6 is 11.8 Å². The van der Waals surface area contributed by atoms with Gasteiger partial charge in [-0.2, -0.15) is 0 Å².